The van der Waals surface area contributed by atoms with E-state index in [1.807, 2.05) is 0 Å². The second kappa shape index (κ2) is 4.97. The van der Waals surface area contributed by atoms with Gasteiger partial charge in [-0.15, -0.1) is 0 Å². The Kier molecular flexibility index (Phi) is 3.37. The van der Waals surface area contributed by atoms with Crippen LogP contribution in [0.1, 0.15) is 10.4 Å². The first kappa shape index (κ1) is 12.9. The van der Waals surface area contributed by atoms with Crippen LogP contribution in [-0.4, -0.2) is 16.1 Å². The van der Waals surface area contributed by atoms with Crippen molar-refractivity contribution in [2.24, 2.45) is 0 Å². The largest absolute Gasteiger partial charge is 0.478 e. The van der Waals surface area contributed by atoms with Gasteiger partial charge in [-0.3, -0.25) is 0 Å². The Morgan fingerprint density at radius 1 is 1.11 bits per heavy atom. The molecule has 98 valence electrons. The molecule has 4 nitrogen and oxygen atoms in total. The van der Waals surface area contributed by atoms with Crippen LogP contribution >= 0.6 is 0 Å². The van der Waals surface area contributed by atoms with E-state index in [-0.39, 0.29) is 17.1 Å². The summed E-state index contributed by atoms with van der Waals surface area (Å²) < 4.78 is 39.1. The van der Waals surface area contributed by atoms with Crippen LogP contribution in [0.2, 0.25) is 0 Å². The molecule has 1 aromatic heterocycles. The van der Waals surface area contributed by atoms with Crippen molar-refractivity contribution >= 4 is 17.5 Å². The Bertz CT molecular complexity index is 647. The fourth-order valence-corrected chi connectivity index (χ4v) is 1.39. The number of carbonyl (C=O) groups is 1. The molecule has 19 heavy (non-hydrogen) atoms. The highest BCUT2D eigenvalue weighted by Gasteiger charge is 2.11. The van der Waals surface area contributed by atoms with E-state index in [4.69, 9.17) is 5.11 Å². The molecule has 1 aromatic carbocycles. The molecule has 7 heteroatoms. The van der Waals surface area contributed by atoms with Crippen LogP contribution in [0.3, 0.4) is 0 Å². The first-order valence-corrected chi connectivity index (χ1v) is 5.08. The molecular formula is C12H7F3N2O2. The van der Waals surface area contributed by atoms with Gasteiger partial charge < -0.3 is 10.4 Å². The maximum atomic E-state index is 13.4. The van der Waals surface area contributed by atoms with E-state index < -0.39 is 23.4 Å². The van der Waals surface area contributed by atoms with Gasteiger partial charge in [-0.2, -0.15) is 0 Å². The first-order valence-electron chi connectivity index (χ1n) is 5.08. The van der Waals surface area contributed by atoms with E-state index in [1.54, 1.807) is 0 Å². The number of hydrogen-bond donors (Lipinski definition) is 2. The van der Waals surface area contributed by atoms with Gasteiger partial charge in [-0.1, -0.05) is 0 Å². The van der Waals surface area contributed by atoms with E-state index in [2.05, 4.69) is 10.3 Å². The molecule has 0 saturated carbocycles. The van der Waals surface area contributed by atoms with Crippen LogP contribution < -0.4 is 5.32 Å². The zero-order valence-electron chi connectivity index (χ0n) is 9.32. The maximum absolute atomic E-state index is 13.4. The standard InChI is InChI=1S/C12H7F3N2O2/c13-7-4-9(15)10(5-8(7)14)17-11-3-6(12(18)19)1-2-16-11/h1-5H,(H,16,17)(H,18,19). The molecule has 0 spiro atoms. The third kappa shape index (κ3) is 2.82. The fourth-order valence-electron chi connectivity index (χ4n) is 1.39. The number of nitrogens with zero attached hydrogens (tertiary/aromatic N) is 1. The summed E-state index contributed by atoms with van der Waals surface area (Å²) in [5.41, 5.74) is -0.408. The predicted molar refractivity (Wildman–Crippen MR) is 60.8 cm³/mol. The van der Waals surface area contributed by atoms with Gasteiger partial charge in [0.05, 0.1) is 11.3 Å². The molecule has 2 N–H and O–H groups in total. The van der Waals surface area contributed by atoms with E-state index in [0.29, 0.717) is 12.1 Å². The quantitative estimate of drug-likeness (QED) is 0.840. The van der Waals surface area contributed by atoms with Crippen LogP contribution in [0.5, 0.6) is 0 Å². The van der Waals surface area contributed by atoms with E-state index >= 15 is 0 Å². The van der Waals surface area contributed by atoms with Crippen molar-refractivity contribution in [1.82, 2.24) is 4.98 Å². The Morgan fingerprint density at radius 3 is 2.47 bits per heavy atom. The number of aromatic nitrogens is 1. The number of rotatable bonds is 3. The monoisotopic (exact) mass is 268 g/mol. The van der Waals surface area contributed by atoms with Crippen LogP contribution in [0, 0.1) is 17.5 Å². The summed E-state index contributed by atoms with van der Waals surface area (Å²) in [7, 11) is 0. The normalized spacial score (nSPS) is 10.3. The smallest absolute Gasteiger partial charge is 0.335 e. The molecule has 0 amide bonds. The summed E-state index contributed by atoms with van der Waals surface area (Å²) in [6.45, 7) is 0. The molecule has 2 rings (SSSR count). The average Bonchev–Trinajstić information content (AvgIpc) is 2.36. The minimum absolute atomic E-state index is 0.00445. The van der Waals surface area contributed by atoms with Crippen LogP contribution in [-0.2, 0) is 0 Å². The number of carboxylic acids is 1. The summed E-state index contributed by atoms with van der Waals surface area (Å²) in [6.07, 6.45) is 1.20. The van der Waals surface area contributed by atoms with Gasteiger partial charge in [-0.05, 0) is 12.1 Å². The molecule has 0 atom stereocenters. The van der Waals surface area contributed by atoms with Crippen molar-refractivity contribution in [3.63, 3.8) is 0 Å². The number of nitrogens with one attached hydrogen (secondary N) is 1. The Hall–Kier alpha value is -2.57. The predicted octanol–water partition coefficient (Wildman–Crippen LogP) is 2.94. The summed E-state index contributed by atoms with van der Waals surface area (Å²) in [6, 6.07) is 3.40. The third-order valence-electron chi connectivity index (χ3n) is 2.28. The number of hydrogen-bond acceptors (Lipinski definition) is 3. The lowest BCUT2D eigenvalue weighted by atomic mass is 10.2. The highest BCUT2D eigenvalue weighted by molar-refractivity contribution is 5.88. The number of benzene rings is 1. The molecule has 0 aliphatic heterocycles. The third-order valence-corrected chi connectivity index (χ3v) is 2.28. The van der Waals surface area contributed by atoms with Crippen molar-refractivity contribution in [3.8, 4) is 0 Å². The minimum atomic E-state index is -1.31. The van der Waals surface area contributed by atoms with E-state index in [1.165, 1.54) is 12.3 Å². The number of anilines is 2. The molecule has 0 unspecified atom stereocenters. The van der Waals surface area contributed by atoms with Gasteiger partial charge in [-0.25, -0.2) is 22.9 Å². The van der Waals surface area contributed by atoms with Gasteiger partial charge >= 0.3 is 5.97 Å². The van der Waals surface area contributed by atoms with Crippen molar-refractivity contribution in [2.75, 3.05) is 5.32 Å². The lowest BCUT2D eigenvalue weighted by Gasteiger charge is -2.07. The summed E-state index contributed by atoms with van der Waals surface area (Å²) in [5, 5.41) is 11.2. The lowest BCUT2D eigenvalue weighted by Crippen LogP contribution is -2.02. The summed E-state index contributed by atoms with van der Waals surface area (Å²) in [5.74, 6) is -4.73. The number of halogens is 3. The summed E-state index contributed by atoms with van der Waals surface area (Å²) >= 11 is 0. The van der Waals surface area contributed by atoms with E-state index in [0.717, 1.165) is 6.07 Å². The van der Waals surface area contributed by atoms with Crippen molar-refractivity contribution in [3.05, 3.63) is 53.5 Å². The number of carboxylic acid groups (broad SMARTS) is 1. The molecule has 2 aromatic rings. The molecular weight excluding hydrogens is 261 g/mol. The zero-order chi connectivity index (χ0) is 14.0. The molecule has 0 bridgehead atoms. The van der Waals surface area contributed by atoms with E-state index in [9.17, 15) is 18.0 Å². The second-order valence-electron chi connectivity index (χ2n) is 3.61. The van der Waals surface area contributed by atoms with Gasteiger partial charge in [0.15, 0.2) is 11.6 Å². The van der Waals surface area contributed by atoms with Crippen LogP contribution in [0.4, 0.5) is 24.7 Å². The maximum Gasteiger partial charge on any atom is 0.335 e. The average molecular weight is 268 g/mol. The molecule has 0 radical (unpaired) electrons. The van der Waals surface area contributed by atoms with Crippen LogP contribution in [0.25, 0.3) is 0 Å². The number of aromatic carboxylic acids is 1. The fraction of sp³-hybridized carbons (Fsp3) is 0. The topological polar surface area (TPSA) is 62.2 Å². The Labute approximate surface area is 105 Å². The van der Waals surface area contributed by atoms with Gasteiger partial charge in [0.2, 0.25) is 0 Å². The van der Waals surface area contributed by atoms with Crippen molar-refractivity contribution in [2.45, 2.75) is 0 Å². The number of pyridine rings is 1. The van der Waals surface area contributed by atoms with Gasteiger partial charge in [0.25, 0.3) is 0 Å². The molecule has 0 saturated heterocycles. The molecule has 0 aliphatic carbocycles. The highest BCUT2D eigenvalue weighted by atomic mass is 19.2. The SMILES string of the molecule is O=C(O)c1ccnc(Nc2cc(F)c(F)cc2F)c1. The zero-order valence-corrected chi connectivity index (χ0v) is 9.32. The summed E-state index contributed by atoms with van der Waals surface area (Å²) in [4.78, 5) is 14.5. The van der Waals surface area contributed by atoms with Crippen molar-refractivity contribution < 1.29 is 23.1 Å². The minimum Gasteiger partial charge on any atom is -0.478 e. The first-order chi connectivity index (χ1) is 8.97. The molecule has 1 heterocycles. The second-order valence-corrected chi connectivity index (χ2v) is 3.61. The molecule has 0 fully saturated rings. The lowest BCUT2D eigenvalue weighted by molar-refractivity contribution is 0.0697. The highest BCUT2D eigenvalue weighted by Crippen LogP contribution is 2.22. The van der Waals surface area contributed by atoms with Crippen molar-refractivity contribution in [1.29, 1.82) is 0 Å². The van der Waals surface area contributed by atoms with Crippen LogP contribution in [0.15, 0.2) is 30.5 Å². The Balaban J connectivity index is 2.33. The van der Waals surface area contributed by atoms with Gasteiger partial charge in [0, 0.05) is 18.3 Å². The van der Waals surface area contributed by atoms with Gasteiger partial charge in [0.1, 0.15) is 11.6 Å². The Morgan fingerprint density at radius 2 is 1.79 bits per heavy atom. The molecule has 0 aliphatic rings.